The fraction of sp³-hybridized carbons (Fsp3) is 0.556. The first-order valence-corrected chi connectivity index (χ1v) is 8.41. The smallest absolute Gasteiger partial charge is 0.253 e. The molecule has 3 rings (SSSR count). The Morgan fingerprint density at radius 3 is 2.26 bits per heavy atom. The number of piperidine rings is 1. The van der Waals surface area contributed by atoms with Gasteiger partial charge in [0.25, 0.3) is 5.91 Å². The van der Waals surface area contributed by atoms with Gasteiger partial charge >= 0.3 is 0 Å². The lowest BCUT2D eigenvalue weighted by atomic mass is 9.84. The Hall–Kier alpha value is -2.04. The lowest BCUT2D eigenvalue weighted by Crippen LogP contribution is -2.48. The zero-order valence-electron chi connectivity index (χ0n) is 13.6. The van der Waals surface area contributed by atoms with Crippen LogP contribution in [0.2, 0.25) is 0 Å². The molecule has 124 valence electrons. The highest BCUT2D eigenvalue weighted by molar-refractivity contribution is 5.94. The summed E-state index contributed by atoms with van der Waals surface area (Å²) in [6, 6.07) is 7.41. The van der Waals surface area contributed by atoms with Crippen LogP contribution in [0.25, 0.3) is 0 Å². The second-order valence-corrected chi connectivity index (χ2v) is 6.43. The maximum Gasteiger partial charge on any atom is 0.253 e. The predicted molar refractivity (Wildman–Crippen MR) is 87.4 cm³/mol. The molecule has 1 aromatic rings. The molecule has 0 atom stereocenters. The molecule has 5 heteroatoms. The Kier molecular flexibility index (Phi) is 4.84. The molecule has 5 nitrogen and oxygen atoms in total. The Morgan fingerprint density at radius 1 is 1.09 bits per heavy atom. The summed E-state index contributed by atoms with van der Waals surface area (Å²) < 4.78 is 5.11. The van der Waals surface area contributed by atoms with E-state index in [1.54, 1.807) is 31.4 Å². The number of likely N-dealkylation sites (tertiary alicyclic amines) is 1. The molecule has 1 heterocycles. The maximum absolute atomic E-state index is 12.5. The monoisotopic (exact) mass is 316 g/mol. The minimum Gasteiger partial charge on any atom is -0.497 e. The molecule has 2 amide bonds. The quantitative estimate of drug-likeness (QED) is 0.926. The fourth-order valence-electron chi connectivity index (χ4n) is 3.13. The predicted octanol–water partition coefficient (Wildman–Crippen LogP) is 2.22. The minimum atomic E-state index is 0.0522. The topological polar surface area (TPSA) is 58.6 Å². The van der Waals surface area contributed by atoms with Crippen LogP contribution in [-0.4, -0.2) is 43.0 Å². The van der Waals surface area contributed by atoms with Gasteiger partial charge in [-0.3, -0.25) is 9.59 Å². The summed E-state index contributed by atoms with van der Waals surface area (Å²) >= 11 is 0. The summed E-state index contributed by atoms with van der Waals surface area (Å²) in [5, 5.41) is 3.14. The molecule has 23 heavy (non-hydrogen) atoms. The number of nitrogens with one attached hydrogen (secondary N) is 1. The van der Waals surface area contributed by atoms with Crippen LogP contribution in [0.4, 0.5) is 0 Å². The molecule has 1 N–H and O–H groups in total. The maximum atomic E-state index is 12.5. The summed E-state index contributed by atoms with van der Waals surface area (Å²) in [4.78, 5) is 26.3. The van der Waals surface area contributed by atoms with Gasteiger partial charge in [-0.2, -0.15) is 0 Å². The summed E-state index contributed by atoms with van der Waals surface area (Å²) in [7, 11) is 1.61. The number of ether oxygens (including phenoxy) is 1. The molecule has 0 radical (unpaired) electrons. The van der Waals surface area contributed by atoms with E-state index in [4.69, 9.17) is 4.74 Å². The number of nitrogens with zero attached hydrogens (tertiary/aromatic N) is 1. The normalized spacial score (nSPS) is 19.1. The third kappa shape index (κ3) is 3.66. The van der Waals surface area contributed by atoms with E-state index in [1.807, 2.05) is 4.90 Å². The molecule has 1 saturated carbocycles. The number of hydrogen-bond donors (Lipinski definition) is 1. The van der Waals surface area contributed by atoms with Gasteiger partial charge in [-0.25, -0.2) is 0 Å². The summed E-state index contributed by atoms with van der Waals surface area (Å²) in [5.74, 6) is 1.24. The van der Waals surface area contributed by atoms with E-state index in [0.717, 1.165) is 31.4 Å². The molecule has 2 fully saturated rings. The first-order chi connectivity index (χ1) is 11.2. The molecule has 0 spiro atoms. The highest BCUT2D eigenvalue weighted by Crippen LogP contribution is 2.27. The van der Waals surface area contributed by atoms with E-state index in [1.165, 1.54) is 6.42 Å². The van der Waals surface area contributed by atoms with Gasteiger partial charge in [0.15, 0.2) is 0 Å². The minimum absolute atomic E-state index is 0.0522. The van der Waals surface area contributed by atoms with Gasteiger partial charge in [0.05, 0.1) is 7.11 Å². The zero-order chi connectivity index (χ0) is 16.2. The van der Waals surface area contributed by atoms with Gasteiger partial charge in [-0.15, -0.1) is 0 Å². The first-order valence-electron chi connectivity index (χ1n) is 8.41. The summed E-state index contributed by atoms with van der Waals surface area (Å²) in [5.41, 5.74) is 0.683. The second kappa shape index (κ2) is 7.02. The molecule has 2 aliphatic rings. The second-order valence-electron chi connectivity index (χ2n) is 6.43. The van der Waals surface area contributed by atoms with E-state index < -0.39 is 0 Å². The number of amides is 2. The number of rotatable bonds is 4. The van der Waals surface area contributed by atoms with E-state index in [0.29, 0.717) is 18.7 Å². The third-order valence-corrected chi connectivity index (χ3v) is 4.94. The van der Waals surface area contributed by atoms with Crippen molar-refractivity contribution in [2.45, 2.75) is 38.1 Å². The molecule has 1 aromatic carbocycles. The highest BCUT2D eigenvalue weighted by Gasteiger charge is 2.29. The van der Waals surface area contributed by atoms with E-state index in [2.05, 4.69) is 5.32 Å². The van der Waals surface area contributed by atoms with Crippen LogP contribution in [0.3, 0.4) is 0 Å². The fourth-order valence-corrected chi connectivity index (χ4v) is 3.13. The third-order valence-electron chi connectivity index (χ3n) is 4.94. The van der Waals surface area contributed by atoms with Gasteiger partial charge < -0.3 is 15.0 Å². The summed E-state index contributed by atoms with van der Waals surface area (Å²) in [6.07, 6.45) is 4.90. The lowest BCUT2D eigenvalue weighted by Gasteiger charge is -2.34. The average Bonchev–Trinajstić information content (AvgIpc) is 2.53. The highest BCUT2D eigenvalue weighted by atomic mass is 16.5. The zero-order valence-corrected chi connectivity index (χ0v) is 13.6. The van der Waals surface area contributed by atoms with Crippen molar-refractivity contribution in [3.63, 3.8) is 0 Å². The van der Waals surface area contributed by atoms with Crippen molar-refractivity contribution in [3.8, 4) is 5.75 Å². The van der Waals surface area contributed by atoms with Crippen LogP contribution in [0.15, 0.2) is 24.3 Å². The molecule has 0 bridgehead atoms. The largest absolute Gasteiger partial charge is 0.497 e. The Labute approximate surface area is 137 Å². The molecule has 0 unspecified atom stereocenters. The Balaban J connectivity index is 1.49. The van der Waals surface area contributed by atoms with Crippen LogP contribution >= 0.6 is 0 Å². The molecule has 0 aromatic heterocycles. The van der Waals surface area contributed by atoms with Crippen molar-refractivity contribution < 1.29 is 14.3 Å². The van der Waals surface area contributed by atoms with Crippen LogP contribution < -0.4 is 10.1 Å². The SMILES string of the molecule is COc1ccc(C(=O)N2CCC(NC(=O)C3CCC3)CC2)cc1. The van der Waals surface area contributed by atoms with Crippen molar-refractivity contribution in [1.29, 1.82) is 0 Å². The average molecular weight is 316 g/mol. The number of methoxy groups -OCH3 is 1. The van der Waals surface area contributed by atoms with Crippen molar-refractivity contribution in [2.75, 3.05) is 20.2 Å². The standard InChI is InChI=1S/C18H24N2O3/c1-23-16-7-5-14(6-8-16)18(22)20-11-9-15(10-12-20)19-17(21)13-3-2-4-13/h5-8,13,15H,2-4,9-12H2,1H3,(H,19,21). The molecular weight excluding hydrogens is 292 g/mol. The van der Waals surface area contributed by atoms with Crippen LogP contribution in [0, 0.1) is 5.92 Å². The van der Waals surface area contributed by atoms with Crippen LogP contribution in [0.1, 0.15) is 42.5 Å². The number of hydrogen-bond acceptors (Lipinski definition) is 3. The van der Waals surface area contributed by atoms with Crippen LogP contribution in [-0.2, 0) is 4.79 Å². The molecule has 1 aliphatic carbocycles. The van der Waals surface area contributed by atoms with Gasteiger partial charge in [-0.05, 0) is 49.9 Å². The summed E-state index contributed by atoms with van der Waals surface area (Å²) in [6.45, 7) is 1.39. The van der Waals surface area contributed by atoms with Crippen molar-refractivity contribution in [3.05, 3.63) is 29.8 Å². The van der Waals surface area contributed by atoms with Crippen LogP contribution in [0.5, 0.6) is 5.75 Å². The van der Waals surface area contributed by atoms with E-state index in [-0.39, 0.29) is 23.8 Å². The first kappa shape index (κ1) is 15.8. The van der Waals surface area contributed by atoms with Gasteiger partial charge in [0.1, 0.15) is 5.75 Å². The van der Waals surface area contributed by atoms with E-state index >= 15 is 0 Å². The Morgan fingerprint density at radius 2 is 1.74 bits per heavy atom. The number of carbonyl (C=O) groups excluding carboxylic acids is 2. The van der Waals surface area contributed by atoms with Gasteiger partial charge in [-0.1, -0.05) is 6.42 Å². The lowest BCUT2D eigenvalue weighted by molar-refractivity contribution is -0.128. The van der Waals surface area contributed by atoms with E-state index in [9.17, 15) is 9.59 Å². The molecule has 1 saturated heterocycles. The number of benzene rings is 1. The molecule has 1 aliphatic heterocycles. The molecular formula is C18H24N2O3. The Bertz CT molecular complexity index is 558. The van der Waals surface area contributed by atoms with Crippen molar-refractivity contribution >= 4 is 11.8 Å². The van der Waals surface area contributed by atoms with Crippen molar-refractivity contribution in [2.24, 2.45) is 5.92 Å². The van der Waals surface area contributed by atoms with Crippen molar-refractivity contribution in [1.82, 2.24) is 10.2 Å². The number of carbonyl (C=O) groups is 2. The van der Waals surface area contributed by atoms with Gasteiger partial charge in [0.2, 0.25) is 5.91 Å². The van der Waals surface area contributed by atoms with Gasteiger partial charge in [0, 0.05) is 30.6 Å².